The van der Waals surface area contributed by atoms with Gasteiger partial charge >= 0.3 is 0 Å². The standard InChI is InChI=1S/C21H30N4O/c1-5-15(4)18(22)21(26)25-12-11-24-13-17(16-9-7-6-8-10-16)23-20(24)19(25)14(2)3/h6-10,13-15,18-19H,5,11-12,22H2,1-4H3/t15-,18+,19+/m1/s1. The van der Waals surface area contributed by atoms with Crippen molar-refractivity contribution in [2.24, 2.45) is 17.6 Å². The van der Waals surface area contributed by atoms with Crippen LogP contribution in [0.15, 0.2) is 36.5 Å². The summed E-state index contributed by atoms with van der Waals surface area (Å²) >= 11 is 0. The normalized spacial score (nSPS) is 19.3. The van der Waals surface area contributed by atoms with Crippen LogP contribution in [0.4, 0.5) is 0 Å². The summed E-state index contributed by atoms with van der Waals surface area (Å²) in [6.45, 7) is 9.86. The maximum atomic E-state index is 13.1. The Bertz CT molecular complexity index is 753. The number of carbonyl (C=O) groups is 1. The van der Waals surface area contributed by atoms with E-state index in [-0.39, 0.29) is 23.8 Å². The van der Waals surface area contributed by atoms with Gasteiger partial charge in [-0.25, -0.2) is 4.98 Å². The van der Waals surface area contributed by atoms with Gasteiger partial charge in [-0.3, -0.25) is 4.79 Å². The molecule has 0 saturated carbocycles. The average molecular weight is 354 g/mol. The minimum atomic E-state index is -0.448. The van der Waals surface area contributed by atoms with Gasteiger partial charge in [0.15, 0.2) is 0 Å². The fraction of sp³-hybridized carbons (Fsp3) is 0.524. The van der Waals surface area contributed by atoms with Crippen molar-refractivity contribution < 1.29 is 4.79 Å². The molecule has 0 fully saturated rings. The number of hydrogen-bond donors (Lipinski definition) is 1. The predicted octanol–water partition coefficient (Wildman–Crippen LogP) is 3.46. The predicted molar refractivity (Wildman–Crippen MR) is 104 cm³/mol. The minimum Gasteiger partial charge on any atom is -0.331 e. The molecule has 26 heavy (non-hydrogen) atoms. The number of carbonyl (C=O) groups excluding carboxylic acids is 1. The number of fused-ring (bicyclic) bond motifs is 1. The molecule has 0 radical (unpaired) electrons. The molecule has 5 heteroatoms. The van der Waals surface area contributed by atoms with Crippen LogP contribution in [-0.2, 0) is 11.3 Å². The van der Waals surface area contributed by atoms with Gasteiger partial charge in [-0.1, -0.05) is 64.4 Å². The van der Waals surface area contributed by atoms with Crippen molar-refractivity contribution in [1.82, 2.24) is 14.5 Å². The Morgan fingerprint density at radius 3 is 2.54 bits per heavy atom. The summed E-state index contributed by atoms with van der Waals surface area (Å²) in [6, 6.07) is 9.71. The molecule has 0 bridgehead atoms. The molecule has 3 rings (SSSR count). The molecule has 1 aromatic carbocycles. The highest BCUT2D eigenvalue weighted by Crippen LogP contribution is 2.34. The van der Waals surface area contributed by atoms with Crippen molar-refractivity contribution >= 4 is 5.91 Å². The molecule has 0 aliphatic carbocycles. The van der Waals surface area contributed by atoms with Gasteiger partial charge in [0.1, 0.15) is 5.82 Å². The van der Waals surface area contributed by atoms with Crippen molar-refractivity contribution in [3.05, 3.63) is 42.4 Å². The smallest absolute Gasteiger partial charge is 0.240 e. The molecule has 0 unspecified atom stereocenters. The highest BCUT2D eigenvalue weighted by Gasteiger charge is 2.37. The van der Waals surface area contributed by atoms with Crippen molar-refractivity contribution in [2.45, 2.75) is 52.7 Å². The SMILES string of the molecule is CC[C@@H](C)[C@H](N)C(=O)N1CCn2cc(-c3ccccc3)nc2[C@@H]1C(C)C. The van der Waals surface area contributed by atoms with E-state index in [2.05, 4.69) is 43.7 Å². The lowest BCUT2D eigenvalue weighted by molar-refractivity contribution is -0.138. The molecule has 1 aliphatic heterocycles. The highest BCUT2D eigenvalue weighted by atomic mass is 16.2. The van der Waals surface area contributed by atoms with Crippen molar-refractivity contribution in [1.29, 1.82) is 0 Å². The summed E-state index contributed by atoms with van der Waals surface area (Å²) in [6.07, 6.45) is 3.01. The second-order valence-electron chi connectivity index (χ2n) is 7.68. The highest BCUT2D eigenvalue weighted by molar-refractivity contribution is 5.82. The van der Waals surface area contributed by atoms with Gasteiger partial charge in [0.05, 0.1) is 17.8 Å². The van der Waals surface area contributed by atoms with E-state index in [0.717, 1.165) is 30.0 Å². The van der Waals surface area contributed by atoms with E-state index in [9.17, 15) is 4.79 Å². The largest absolute Gasteiger partial charge is 0.331 e. The van der Waals surface area contributed by atoms with Crippen LogP contribution < -0.4 is 5.73 Å². The van der Waals surface area contributed by atoms with Crippen LogP contribution in [0.1, 0.15) is 46.0 Å². The molecule has 2 N–H and O–H groups in total. The Balaban J connectivity index is 1.94. The third-order valence-corrected chi connectivity index (χ3v) is 5.52. The van der Waals surface area contributed by atoms with E-state index in [1.807, 2.05) is 30.0 Å². The lowest BCUT2D eigenvalue weighted by Gasteiger charge is -2.40. The molecule has 1 amide bonds. The number of hydrogen-bond acceptors (Lipinski definition) is 3. The van der Waals surface area contributed by atoms with Crippen LogP contribution in [0.3, 0.4) is 0 Å². The summed E-state index contributed by atoms with van der Waals surface area (Å²) in [7, 11) is 0. The number of nitrogens with zero attached hydrogens (tertiary/aromatic N) is 3. The van der Waals surface area contributed by atoms with E-state index in [4.69, 9.17) is 10.7 Å². The number of benzene rings is 1. The summed E-state index contributed by atoms with van der Waals surface area (Å²) < 4.78 is 2.20. The van der Waals surface area contributed by atoms with Crippen LogP contribution in [0, 0.1) is 11.8 Å². The summed E-state index contributed by atoms with van der Waals surface area (Å²) in [5.41, 5.74) is 8.33. The molecule has 1 aliphatic rings. The molecule has 1 aromatic heterocycles. The first kappa shape index (κ1) is 18.6. The van der Waals surface area contributed by atoms with E-state index >= 15 is 0 Å². The third-order valence-electron chi connectivity index (χ3n) is 5.52. The lowest BCUT2D eigenvalue weighted by atomic mass is 9.94. The first-order chi connectivity index (χ1) is 12.4. The molecule has 140 valence electrons. The second-order valence-corrected chi connectivity index (χ2v) is 7.68. The van der Waals surface area contributed by atoms with E-state index in [1.54, 1.807) is 0 Å². The minimum absolute atomic E-state index is 0.0381. The quantitative estimate of drug-likeness (QED) is 0.894. The first-order valence-electron chi connectivity index (χ1n) is 9.62. The average Bonchev–Trinajstić information content (AvgIpc) is 3.10. The number of nitrogens with two attached hydrogens (primary N) is 1. The Morgan fingerprint density at radius 2 is 1.92 bits per heavy atom. The molecular weight excluding hydrogens is 324 g/mol. The van der Waals surface area contributed by atoms with Gasteiger partial charge in [0.25, 0.3) is 0 Å². The van der Waals surface area contributed by atoms with Gasteiger partial charge in [-0.15, -0.1) is 0 Å². The third kappa shape index (κ3) is 3.40. The molecule has 2 heterocycles. The van der Waals surface area contributed by atoms with Crippen molar-refractivity contribution in [2.75, 3.05) is 6.54 Å². The van der Waals surface area contributed by atoms with Gasteiger partial charge in [-0.2, -0.15) is 0 Å². The first-order valence-corrected chi connectivity index (χ1v) is 9.62. The summed E-state index contributed by atoms with van der Waals surface area (Å²) in [5.74, 6) is 1.47. The topological polar surface area (TPSA) is 64.2 Å². The Kier molecular flexibility index (Phi) is 5.47. The number of imidazole rings is 1. The maximum absolute atomic E-state index is 13.1. The summed E-state index contributed by atoms with van der Waals surface area (Å²) in [4.78, 5) is 19.9. The lowest BCUT2D eigenvalue weighted by Crippen LogP contribution is -2.52. The summed E-state index contributed by atoms with van der Waals surface area (Å²) in [5, 5.41) is 0. The molecule has 3 atom stereocenters. The molecule has 0 spiro atoms. The fourth-order valence-corrected chi connectivity index (χ4v) is 3.68. The van der Waals surface area contributed by atoms with Gasteiger partial charge in [0.2, 0.25) is 5.91 Å². The zero-order valence-corrected chi connectivity index (χ0v) is 16.2. The molecule has 5 nitrogen and oxygen atoms in total. The van der Waals surface area contributed by atoms with E-state index in [1.165, 1.54) is 0 Å². The van der Waals surface area contributed by atoms with Gasteiger partial charge < -0.3 is 15.2 Å². The zero-order valence-electron chi connectivity index (χ0n) is 16.2. The van der Waals surface area contributed by atoms with Crippen molar-refractivity contribution in [3.8, 4) is 11.3 Å². The fourth-order valence-electron chi connectivity index (χ4n) is 3.68. The number of amides is 1. The van der Waals surface area contributed by atoms with Gasteiger partial charge in [-0.05, 0) is 11.8 Å². The second kappa shape index (κ2) is 7.62. The molecule has 0 saturated heterocycles. The Morgan fingerprint density at radius 1 is 1.23 bits per heavy atom. The molecule has 2 aromatic rings. The molecular formula is C21H30N4O. The van der Waals surface area contributed by atoms with Crippen LogP contribution in [-0.4, -0.2) is 32.9 Å². The van der Waals surface area contributed by atoms with E-state index < -0.39 is 6.04 Å². The van der Waals surface area contributed by atoms with Crippen LogP contribution >= 0.6 is 0 Å². The number of aromatic nitrogens is 2. The number of rotatable bonds is 5. The maximum Gasteiger partial charge on any atom is 0.240 e. The zero-order chi connectivity index (χ0) is 18.8. The van der Waals surface area contributed by atoms with Crippen LogP contribution in [0.2, 0.25) is 0 Å². The Hall–Kier alpha value is -2.14. The van der Waals surface area contributed by atoms with Crippen LogP contribution in [0.5, 0.6) is 0 Å². The van der Waals surface area contributed by atoms with Crippen molar-refractivity contribution in [3.63, 3.8) is 0 Å². The van der Waals surface area contributed by atoms with Gasteiger partial charge in [0, 0.05) is 24.8 Å². The monoisotopic (exact) mass is 354 g/mol. The van der Waals surface area contributed by atoms with Crippen LogP contribution in [0.25, 0.3) is 11.3 Å². The van der Waals surface area contributed by atoms with E-state index in [0.29, 0.717) is 6.54 Å². The Labute approximate surface area is 156 Å².